The zero-order valence-electron chi connectivity index (χ0n) is 15.5. The van der Waals surface area contributed by atoms with Crippen molar-refractivity contribution in [3.05, 3.63) is 60.2 Å². The van der Waals surface area contributed by atoms with Gasteiger partial charge < -0.3 is 9.29 Å². The topological polar surface area (TPSA) is 32.3 Å². The van der Waals surface area contributed by atoms with E-state index in [0.717, 1.165) is 5.75 Å². The number of rotatable bonds is 8. The van der Waals surface area contributed by atoms with Crippen molar-refractivity contribution < 1.29 is 18.1 Å². The lowest BCUT2D eigenvalue weighted by Crippen LogP contribution is -2.29. The lowest BCUT2D eigenvalue weighted by Gasteiger charge is -2.20. The van der Waals surface area contributed by atoms with E-state index < -0.39 is 22.9 Å². The third-order valence-electron chi connectivity index (χ3n) is 4.08. The highest BCUT2D eigenvalue weighted by molar-refractivity contribution is 7.92. The molecule has 5 heteroatoms. The molecule has 0 radical (unpaired) electrons. The maximum absolute atomic E-state index is 14.1. The monoisotopic (exact) mass is 380 g/mol. The van der Waals surface area contributed by atoms with Gasteiger partial charge in [0, 0.05) is 0 Å². The average Bonchev–Trinajstić information content (AvgIpc) is 2.61. The SMILES string of the molecule is CC(C)(C)c1ccc(OCCCCC(F)(F)[S+]([O-])c2ccccc2)cc1. The Balaban J connectivity index is 1.74. The molecule has 26 heavy (non-hydrogen) atoms. The molecule has 2 nitrogen and oxygen atoms in total. The largest absolute Gasteiger partial charge is 0.607 e. The molecule has 2 aromatic rings. The van der Waals surface area contributed by atoms with Crippen LogP contribution in [-0.2, 0) is 16.6 Å². The van der Waals surface area contributed by atoms with Crippen LogP contribution in [0.3, 0.4) is 0 Å². The van der Waals surface area contributed by atoms with Crippen molar-refractivity contribution in [1.82, 2.24) is 0 Å². The average molecular weight is 380 g/mol. The van der Waals surface area contributed by atoms with E-state index in [0.29, 0.717) is 13.0 Å². The van der Waals surface area contributed by atoms with Crippen molar-refractivity contribution in [3.8, 4) is 5.75 Å². The van der Waals surface area contributed by atoms with Gasteiger partial charge in [-0.15, -0.1) is 0 Å². The molecular weight excluding hydrogens is 354 g/mol. The summed E-state index contributed by atoms with van der Waals surface area (Å²) in [5, 5.41) is -3.23. The van der Waals surface area contributed by atoms with Crippen LogP contribution >= 0.6 is 0 Å². The molecule has 0 N–H and O–H groups in total. The summed E-state index contributed by atoms with van der Waals surface area (Å²) in [6.45, 7) is 6.79. The Morgan fingerprint density at radius 3 is 2.12 bits per heavy atom. The molecule has 2 rings (SSSR count). The van der Waals surface area contributed by atoms with Gasteiger partial charge in [0.2, 0.25) is 0 Å². The minimum absolute atomic E-state index is 0.0819. The van der Waals surface area contributed by atoms with Gasteiger partial charge in [-0.05, 0) is 48.1 Å². The molecule has 0 saturated carbocycles. The third kappa shape index (κ3) is 5.99. The van der Waals surface area contributed by atoms with Crippen LogP contribution in [0, 0.1) is 0 Å². The summed E-state index contributed by atoms with van der Waals surface area (Å²) in [6, 6.07) is 15.7. The second kappa shape index (κ2) is 8.87. The maximum atomic E-state index is 14.1. The number of hydrogen-bond donors (Lipinski definition) is 0. The second-order valence-corrected chi connectivity index (χ2v) is 8.91. The number of benzene rings is 2. The van der Waals surface area contributed by atoms with Gasteiger partial charge in [-0.2, -0.15) is 8.78 Å². The lowest BCUT2D eigenvalue weighted by atomic mass is 9.87. The van der Waals surface area contributed by atoms with E-state index in [1.807, 2.05) is 24.3 Å². The fourth-order valence-electron chi connectivity index (χ4n) is 2.48. The van der Waals surface area contributed by atoms with E-state index in [4.69, 9.17) is 4.74 Å². The van der Waals surface area contributed by atoms with E-state index in [-0.39, 0.29) is 16.7 Å². The van der Waals surface area contributed by atoms with E-state index in [9.17, 15) is 13.3 Å². The maximum Gasteiger partial charge on any atom is 0.411 e. The quantitative estimate of drug-likeness (QED) is 0.420. The first-order chi connectivity index (χ1) is 12.2. The number of hydrogen-bond acceptors (Lipinski definition) is 2. The molecule has 0 saturated heterocycles. The van der Waals surface area contributed by atoms with Crippen LogP contribution in [0.2, 0.25) is 0 Å². The van der Waals surface area contributed by atoms with Gasteiger partial charge in [-0.1, -0.05) is 51.1 Å². The minimum Gasteiger partial charge on any atom is -0.607 e. The number of alkyl halides is 2. The van der Waals surface area contributed by atoms with Crippen LogP contribution in [-0.4, -0.2) is 16.4 Å². The van der Waals surface area contributed by atoms with Crippen molar-refractivity contribution in [2.24, 2.45) is 0 Å². The summed E-state index contributed by atoms with van der Waals surface area (Å²) in [6.07, 6.45) is 0.328. The summed E-state index contributed by atoms with van der Waals surface area (Å²) in [5.74, 6) is 0.734. The first kappa shape index (κ1) is 20.7. The van der Waals surface area contributed by atoms with E-state index in [1.54, 1.807) is 18.2 Å². The second-order valence-electron chi connectivity index (χ2n) is 7.30. The highest BCUT2D eigenvalue weighted by atomic mass is 32.2. The van der Waals surface area contributed by atoms with E-state index in [2.05, 4.69) is 20.8 Å². The molecule has 0 heterocycles. The number of unbranched alkanes of at least 4 members (excludes halogenated alkanes) is 1. The minimum atomic E-state index is -3.23. The first-order valence-electron chi connectivity index (χ1n) is 8.78. The van der Waals surface area contributed by atoms with Crippen molar-refractivity contribution >= 4 is 11.2 Å². The van der Waals surface area contributed by atoms with Gasteiger partial charge in [0.05, 0.1) is 24.2 Å². The fraction of sp³-hybridized carbons (Fsp3) is 0.429. The van der Waals surface area contributed by atoms with Gasteiger partial charge >= 0.3 is 5.25 Å². The Morgan fingerprint density at radius 2 is 1.54 bits per heavy atom. The van der Waals surface area contributed by atoms with Gasteiger partial charge in [-0.3, -0.25) is 0 Å². The summed E-state index contributed by atoms with van der Waals surface area (Å²) >= 11 is -2.32. The van der Waals surface area contributed by atoms with Gasteiger partial charge in [0.25, 0.3) is 0 Å². The van der Waals surface area contributed by atoms with Crippen LogP contribution < -0.4 is 4.74 Å². The van der Waals surface area contributed by atoms with Crippen LogP contribution in [0.1, 0.15) is 45.6 Å². The summed E-state index contributed by atoms with van der Waals surface area (Å²) < 4.78 is 45.7. The van der Waals surface area contributed by atoms with Crippen molar-refractivity contribution in [2.45, 2.75) is 55.6 Å². The first-order valence-corrected chi connectivity index (χ1v) is 9.93. The van der Waals surface area contributed by atoms with Crippen LogP contribution in [0.4, 0.5) is 8.78 Å². The molecule has 0 aliphatic carbocycles. The molecule has 0 spiro atoms. The van der Waals surface area contributed by atoms with Gasteiger partial charge in [0.15, 0.2) is 4.90 Å². The van der Waals surface area contributed by atoms with Gasteiger partial charge in [0.1, 0.15) is 5.75 Å². The molecule has 0 fully saturated rings. The number of ether oxygens (including phenoxy) is 1. The summed E-state index contributed by atoms with van der Waals surface area (Å²) in [5.41, 5.74) is 1.30. The van der Waals surface area contributed by atoms with Crippen LogP contribution in [0.15, 0.2) is 59.5 Å². The lowest BCUT2D eigenvalue weighted by molar-refractivity contribution is 0.0777. The Morgan fingerprint density at radius 1 is 0.923 bits per heavy atom. The summed E-state index contributed by atoms with van der Waals surface area (Å²) in [7, 11) is 0. The van der Waals surface area contributed by atoms with Crippen molar-refractivity contribution in [1.29, 1.82) is 0 Å². The highest BCUT2D eigenvalue weighted by Crippen LogP contribution is 2.33. The zero-order chi connectivity index (χ0) is 19.2. The Hall–Kier alpha value is -1.59. The highest BCUT2D eigenvalue weighted by Gasteiger charge is 2.43. The fourth-order valence-corrected chi connectivity index (χ4v) is 3.56. The standard InChI is InChI=1S/C21H26F2O2S/c1-20(2,3)17-11-13-18(14-12-17)25-16-8-7-15-21(22,23)26(24)19-9-5-4-6-10-19/h4-6,9-14H,7-8,15-16H2,1-3H3. The van der Waals surface area contributed by atoms with Crippen molar-refractivity contribution in [2.75, 3.05) is 6.61 Å². The predicted octanol–water partition coefficient (Wildman–Crippen LogP) is 5.93. The smallest absolute Gasteiger partial charge is 0.411 e. The Bertz CT molecular complexity index is 667. The van der Waals surface area contributed by atoms with Crippen LogP contribution in [0.5, 0.6) is 5.75 Å². The molecule has 1 unspecified atom stereocenters. The third-order valence-corrected chi connectivity index (χ3v) is 5.53. The number of halogens is 2. The predicted molar refractivity (Wildman–Crippen MR) is 102 cm³/mol. The van der Waals surface area contributed by atoms with Crippen molar-refractivity contribution in [3.63, 3.8) is 0 Å². The molecule has 0 aliphatic heterocycles. The Kier molecular flexibility index (Phi) is 7.07. The molecule has 0 amide bonds. The molecular formula is C21H26F2O2S. The van der Waals surface area contributed by atoms with E-state index in [1.165, 1.54) is 17.7 Å². The summed E-state index contributed by atoms with van der Waals surface area (Å²) in [4.78, 5) is 0.160. The molecule has 142 valence electrons. The molecule has 0 aromatic heterocycles. The molecule has 2 aromatic carbocycles. The Labute approximate surface area is 157 Å². The normalized spacial score (nSPS) is 13.5. The molecule has 1 atom stereocenters. The van der Waals surface area contributed by atoms with Crippen LogP contribution in [0.25, 0.3) is 0 Å². The zero-order valence-corrected chi connectivity index (χ0v) is 16.3. The van der Waals surface area contributed by atoms with Gasteiger partial charge in [-0.25, -0.2) is 0 Å². The molecule has 0 aliphatic rings. The van der Waals surface area contributed by atoms with E-state index >= 15 is 0 Å². The molecule has 0 bridgehead atoms.